The Bertz CT molecular complexity index is 527. The zero-order chi connectivity index (χ0) is 13.8. The molecule has 0 atom stereocenters. The molecule has 1 aromatic carbocycles. The van der Waals surface area contributed by atoms with Gasteiger partial charge < -0.3 is 5.32 Å². The number of halogens is 1. The maximum Gasteiger partial charge on any atom is 0.0815 e. The van der Waals surface area contributed by atoms with Crippen LogP contribution in [-0.2, 0) is 13.1 Å². The molecule has 0 saturated heterocycles. The van der Waals surface area contributed by atoms with Crippen molar-refractivity contribution in [3.8, 4) is 0 Å². The monoisotopic (exact) mass is 277 g/mol. The molecule has 0 bridgehead atoms. The van der Waals surface area contributed by atoms with Crippen LogP contribution < -0.4 is 5.32 Å². The van der Waals surface area contributed by atoms with Crippen molar-refractivity contribution in [3.63, 3.8) is 0 Å². The van der Waals surface area contributed by atoms with Crippen molar-refractivity contribution in [1.82, 2.24) is 15.1 Å². The number of hydrogen-bond acceptors (Lipinski definition) is 2. The van der Waals surface area contributed by atoms with E-state index in [2.05, 4.69) is 48.5 Å². The maximum absolute atomic E-state index is 6.02. The Kier molecular flexibility index (Phi) is 4.61. The van der Waals surface area contributed by atoms with Crippen LogP contribution in [0.2, 0.25) is 5.02 Å². The summed E-state index contributed by atoms with van der Waals surface area (Å²) in [6.45, 7) is 7.87. The van der Waals surface area contributed by atoms with Gasteiger partial charge in [-0.2, -0.15) is 5.10 Å². The Labute approximate surface area is 119 Å². The molecule has 4 heteroatoms. The normalized spacial score (nSPS) is 11.2. The minimum absolute atomic E-state index is 0.497. The SMILES string of the molecule is Cc1nn(Cc2cccc(CNC(C)C)c2)cc1Cl. The molecular formula is C15H20ClN3. The molecule has 0 amide bonds. The van der Waals surface area contributed by atoms with Gasteiger partial charge in [-0.15, -0.1) is 0 Å². The first-order chi connectivity index (χ1) is 9.04. The minimum atomic E-state index is 0.497. The second-order valence-electron chi connectivity index (χ2n) is 5.12. The van der Waals surface area contributed by atoms with E-state index in [1.807, 2.05) is 17.8 Å². The number of nitrogens with one attached hydrogen (secondary N) is 1. The third kappa shape index (κ3) is 4.08. The van der Waals surface area contributed by atoms with Gasteiger partial charge in [0.25, 0.3) is 0 Å². The quantitative estimate of drug-likeness (QED) is 0.908. The highest BCUT2D eigenvalue weighted by molar-refractivity contribution is 6.31. The van der Waals surface area contributed by atoms with Gasteiger partial charge in [-0.25, -0.2) is 0 Å². The lowest BCUT2D eigenvalue weighted by Gasteiger charge is -2.09. The van der Waals surface area contributed by atoms with Crippen molar-refractivity contribution >= 4 is 11.6 Å². The number of rotatable bonds is 5. The summed E-state index contributed by atoms with van der Waals surface area (Å²) >= 11 is 6.02. The Balaban J connectivity index is 2.06. The summed E-state index contributed by atoms with van der Waals surface area (Å²) in [6.07, 6.45) is 1.87. The molecule has 1 N–H and O–H groups in total. The van der Waals surface area contributed by atoms with Crippen LogP contribution in [0, 0.1) is 6.92 Å². The Morgan fingerprint density at radius 3 is 2.68 bits per heavy atom. The van der Waals surface area contributed by atoms with Gasteiger partial charge in [0.05, 0.1) is 17.3 Å². The van der Waals surface area contributed by atoms with Gasteiger partial charge in [-0.1, -0.05) is 49.7 Å². The highest BCUT2D eigenvalue weighted by Gasteiger charge is 2.03. The number of benzene rings is 1. The molecule has 0 radical (unpaired) electrons. The summed E-state index contributed by atoms with van der Waals surface area (Å²) in [6, 6.07) is 9.05. The van der Waals surface area contributed by atoms with Gasteiger partial charge in [-0.05, 0) is 18.1 Å². The minimum Gasteiger partial charge on any atom is -0.310 e. The molecule has 0 saturated carbocycles. The van der Waals surface area contributed by atoms with E-state index < -0.39 is 0 Å². The second-order valence-corrected chi connectivity index (χ2v) is 5.52. The molecule has 1 heterocycles. The lowest BCUT2D eigenvalue weighted by molar-refractivity contribution is 0.588. The van der Waals surface area contributed by atoms with Crippen molar-refractivity contribution in [3.05, 3.63) is 52.3 Å². The number of hydrogen-bond donors (Lipinski definition) is 1. The topological polar surface area (TPSA) is 29.9 Å². The average molecular weight is 278 g/mol. The van der Waals surface area contributed by atoms with E-state index in [0.29, 0.717) is 6.04 Å². The van der Waals surface area contributed by atoms with E-state index in [0.717, 1.165) is 23.8 Å². The Hall–Kier alpha value is -1.32. The van der Waals surface area contributed by atoms with Crippen molar-refractivity contribution < 1.29 is 0 Å². The molecule has 0 aliphatic rings. The molecule has 0 aliphatic heterocycles. The van der Waals surface area contributed by atoms with Gasteiger partial charge in [0.1, 0.15) is 0 Å². The average Bonchev–Trinajstić information content (AvgIpc) is 2.66. The maximum atomic E-state index is 6.02. The van der Waals surface area contributed by atoms with Crippen molar-refractivity contribution in [2.75, 3.05) is 0 Å². The van der Waals surface area contributed by atoms with Gasteiger partial charge >= 0.3 is 0 Å². The molecule has 3 nitrogen and oxygen atoms in total. The van der Waals surface area contributed by atoms with Crippen LogP contribution >= 0.6 is 11.6 Å². The van der Waals surface area contributed by atoms with Gasteiger partial charge in [0, 0.05) is 18.8 Å². The number of nitrogens with zero attached hydrogens (tertiary/aromatic N) is 2. The summed E-state index contributed by atoms with van der Waals surface area (Å²) in [5.41, 5.74) is 3.41. The summed E-state index contributed by atoms with van der Waals surface area (Å²) < 4.78 is 1.88. The number of aryl methyl sites for hydroxylation is 1. The highest BCUT2D eigenvalue weighted by Crippen LogP contribution is 2.14. The van der Waals surface area contributed by atoms with Crippen LogP contribution in [0.3, 0.4) is 0 Å². The zero-order valence-corrected chi connectivity index (χ0v) is 12.4. The van der Waals surface area contributed by atoms with Crippen molar-refractivity contribution in [1.29, 1.82) is 0 Å². The molecule has 0 aliphatic carbocycles. The van der Waals surface area contributed by atoms with Crippen LogP contribution in [0.1, 0.15) is 30.7 Å². The van der Waals surface area contributed by atoms with Crippen LogP contribution in [-0.4, -0.2) is 15.8 Å². The standard InChI is InChI=1S/C15H20ClN3/c1-11(2)17-8-13-5-4-6-14(7-13)9-19-10-15(16)12(3)18-19/h4-7,10-11,17H,8-9H2,1-3H3. The first kappa shape index (κ1) is 14.1. The van der Waals surface area contributed by atoms with E-state index in [4.69, 9.17) is 11.6 Å². The van der Waals surface area contributed by atoms with E-state index >= 15 is 0 Å². The zero-order valence-electron chi connectivity index (χ0n) is 11.7. The molecule has 2 aromatic rings. The third-order valence-corrected chi connectivity index (χ3v) is 3.31. The molecule has 102 valence electrons. The summed E-state index contributed by atoms with van der Waals surface area (Å²) in [4.78, 5) is 0. The molecule has 19 heavy (non-hydrogen) atoms. The van der Waals surface area contributed by atoms with Gasteiger partial charge in [-0.3, -0.25) is 4.68 Å². The van der Waals surface area contributed by atoms with Crippen LogP contribution in [0.25, 0.3) is 0 Å². The van der Waals surface area contributed by atoms with E-state index in [9.17, 15) is 0 Å². The van der Waals surface area contributed by atoms with E-state index in [1.54, 1.807) is 0 Å². The van der Waals surface area contributed by atoms with Gasteiger partial charge in [0.2, 0.25) is 0 Å². The fraction of sp³-hybridized carbons (Fsp3) is 0.400. The fourth-order valence-electron chi connectivity index (χ4n) is 1.92. The molecule has 0 unspecified atom stereocenters. The molecular weight excluding hydrogens is 258 g/mol. The van der Waals surface area contributed by atoms with Crippen molar-refractivity contribution in [2.45, 2.75) is 39.9 Å². The number of aromatic nitrogens is 2. The smallest absolute Gasteiger partial charge is 0.0815 e. The fourth-order valence-corrected chi connectivity index (χ4v) is 2.07. The third-order valence-electron chi connectivity index (χ3n) is 2.94. The molecule has 2 rings (SSSR count). The Morgan fingerprint density at radius 2 is 2.05 bits per heavy atom. The van der Waals surface area contributed by atoms with Gasteiger partial charge in [0.15, 0.2) is 0 Å². The van der Waals surface area contributed by atoms with Crippen molar-refractivity contribution in [2.24, 2.45) is 0 Å². The predicted molar refractivity (Wildman–Crippen MR) is 79.5 cm³/mol. The lowest BCUT2D eigenvalue weighted by atomic mass is 10.1. The largest absolute Gasteiger partial charge is 0.310 e. The highest BCUT2D eigenvalue weighted by atomic mass is 35.5. The second kappa shape index (κ2) is 6.22. The first-order valence-corrected chi connectivity index (χ1v) is 6.93. The molecule has 1 aromatic heterocycles. The summed E-state index contributed by atoms with van der Waals surface area (Å²) in [5.74, 6) is 0. The van der Waals surface area contributed by atoms with Crippen LogP contribution in [0.5, 0.6) is 0 Å². The predicted octanol–water partition coefficient (Wildman–Crippen LogP) is 3.39. The summed E-state index contributed by atoms with van der Waals surface area (Å²) in [7, 11) is 0. The van der Waals surface area contributed by atoms with Crippen LogP contribution in [0.15, 0.2) is 30.5 Å². The lowest BCUT2D eigenvalue weighted by Crippen LogP contribution is -2.21. The molecule has 0 fully saturated rings. The Morgan fingerprint density at radius 1 is 1.32 bits per heavy atom. The van der Waals surface area contributed by atoms with E-state index in [-0.39, 0.29) is 0 Å². The van der Waals surface area contributed by atoms with Crippen LogP contribution in [0.4, 0.5) is 0 Å². The van der Waals surface area contributed by atoms with E-state index in [1.165, 1.54) is 11.1 Å². The first-order valence-electron chi connectivity index (χ1n) is 6.55. The summed E-state index contributed by atoms with van der Waals surface area (Å²) in [5, 5.41) is 8.52. The molecule has 0 spiro atoms.